The first-order valence-corrected chi connectivity index (χ1v) is 47.8. The smallest absolute Gasteiger partial charge is 0.161 e. The first-order chi connectivity index (χ1) is 72.6. The summed E-state index contributed by atoms with van der Waals surface area (Å²) >= 11 is 0. The highest BCUT2D eigenvalue weighted by Gasteiger charge is 2.19. The first kappa shape index (κ1) is 102. The molecular formula is C115H109FN24O9. The SMILES string of the molecule is COCCOc1ccc(-c2nc3ccc(C)cc3[nH]2)nc1.COCCOc1ccc(-c2nc3ccc(CO)cc3[nH]2)nc1.COc1cccnc1-c1nc2ccc(CO)cc2[nH]1.Cc1ccc2nc(-c3ncccc3C)[nH]c2c1.Cc1ccc2nc(-c3ncccc3C)[nH]c2c1.Cc1ccc2nc(-c3ncccc3F)[nH]c2c1.Cc1cccnc1-c1nc2ccc(CO)cc2[nH]1.Cc1ccnc(-c2nc3ccc(CO)cc3[nH]2)c1. The van der Waals surface area contributed by atoms with Gasteiger partial charge >= 0.3 is 0 Å². The van der Waals surface area contributed by atoms with Crippen molar-refractivity contribution >= 4 is 88.3 Å². The highest BCUT2D eigenvalue weighted by atomic mass is 19.1. The van der Waals surface area contributed by atoms with Crippen molar-refractivity contribution in [3.63, 3.8) is 0 Å². The van der Waals surface area contributed by atoms with E-state index in [1.54, 1.807) is 77.0 Å². The van der Waals surface area contributed by atoms with Gasteiger partial charge in [-0.2, -0.15) is 0 Å². The van der Waals surface area contributed by atoms with Gasteiger partial charge in [0.25, 0.3) is 0 Å². The number of fused-ring (bicyclic) bond motifs is 8. The summed E-state index contributed by atoms with van der Waals surface area (Å²) in [6.45, 7) is 18.5. The topological polar surface area (TPSA) is 460 Å². The largest absolute Gasteiger partial charge is 0.494 e. The number of rotatable bonds is 21. The molecule has 34 heteroatoms. The number of hydrogen-bond acceptors (Lipinski definition) is 25. The second-order valence-corrected chi connectivity index (χ2v) is 34.9. The molecule has 0 atom stereocenters. The van der Waals surface area contributed by atoms with Crippen molar-refractivity contribution < 1.29 is 48.5 Å². The summed E-state index contributed by atoms with van der Waals surface area (Å²) in [6.07, 6.45) is 13.7. The molecule has 0 saturated carbocycles. The van der Waals surface area contributed by atoms with E-state index in [0.29, 0.717) is 61.1 Å². The number of nitrogens with zero attached hydrogens (tertiary/aromatic N) is 16. The second-order valence-electron chi connectivity index (χ2n) is 34.9. The summed E-state index contributed by atoms with van der Waals surface area (Å²) in [6, 6.07) is 76.9. The van der Waals surface area contributed by atoms with E-state index in [1.165, 1.54) is 22.8 Å². The molecule has 0 bridgehead atoms. The summed E-state index contributed by atoms with van der Waals surface area (Å²) in [5.41, 5.74) is 33.5. The molecule has 149 heavy (non-hydrogen) atoms. The van der Waals surface area contributed by atoms with Crippen LogP contribution in [0.25, 0.3) is 180 Å². The van der Waals surface area contributed by atoms with Crippen LogP contribution in [0, 0.1) is 61.2 Å². The molecule has 750 valence electrons. The molecule has 0 aliphatic heterocycles. The van der Waals surface area contributed by atoms with Crippen molar-refractivity contribution in [3.8, 4) is 109 Å². The third kappa shape index (κ3) is 25.8. The van der Waals surface area contributed by atoms with Gasteiger partial charge in [0.15, 0.2) is 52.4 Å². The molecule has 0 aliphatic rings. The van der Waals surface area contributed by atoms with Crippen LogP contribution in [0.1, 0.15) is 66.8 Å². The van der Waals surface area contributed by atoms with Crippen molar-refractivity contribution in [2.75, 3.05) is 47.8 Å². The number of ether oxygens (including phenoxy) is 5. The fraction of sp³-hybridized carbons (Fsp3) is 0.165. The van der Waals surface area contributed by atoms with E-state index in [-0.39, 0.29) is 37.9 Å². The van der Waals surface area contributed by atoms with E-state index in [0.717, 1.165) is 207 Å². The molecule has 12 N–H and O–H groups in total. The second kappa shape index (κ2) is 48.5. The van der Waals surface area contributed by atoms with Gasteiger partial charge < -0.3 is 84.0 Å². The van der Waals surface area contributed by atoms with Crippen LogP contribution in [0.2, 0.25) is 0 Å². The molecule has 16 aromatic heterocycles. The summed E-state index contributed by atoms with van der Waals surface area (Å²) in [4.78, 5) is 96.3. The predicted octanol–water partition coefficient (Wildman–Crippen LogP) is 21.6. The fourth-order valence-corrected chi connectivity index (χ4v) is 15.9. The summed E-state index contributed by atoms with van der Waals surface area (Å²) in [7, 11) is 4.88. The highest BCUT2D eigenvalue weighted by molar-refractivity contribution is 5.87. The minimum Gasteiger partial charge on any atom is -0.494 e. The van der Waals surface area contributed by atoms with Gasteiger partial charge in [-0.1, -0.05) is 66.7 Å². The number of halogens is 1. The van der Waals surface area contributed by atoms with Crippen LogP contribution in [-0.4, -0.2) is 188 Å². The van der Waals surface area contributed by atoms with Gasteiger partial charge in [0, 0.05) is 51.4 Å². The van der Waals surface area contributed by atoms with Crippen molar-refractivity contribution in [1.29, 1.82) is 0 Å². The number of H-pyrrole nitrogens is 8. The van der Waals surface area contributed by atoms with Gasteiger partial charge in [0.05, 0.1) is 147 Å². The molecule has 0 aliphatic carbocycles. The van der Waals surface area contributed by atoms with Crippen LogP contribution in [0.3, 0.4) is 0 Å². The van der Waals surface area contributed by atoms with Crippen molar-refractivity contribution in [3.05, 3.63) is 365 Å². The average Bonchev–Trinajstić information content (AvgIpc) is 1.72. The van der Waals surface area contributed by atoms with E-state index in [1.807, 2.05) is 235 Å². The molecule has 0 saturated heterocycles. The predicted molar refractivity (Wildman–Crippen MR) is 577 cm³/mol. The van der Waals surface area contributed by atoms with Crippen molar-refractivity contribution in [1.82, 2.24) is 120 Å². The Morgan fingerprint density at radius 3 is 0.839 bits per heavy atom. The zero-order chi connectivity index (χ0) is 104. The third-order valence-electron chi connectivity index (χ3n) is 23.6. The Bertz CT molecular complexity index is 8380. The minimum atomic E-state index is -0.372. The number of aromatic nitrogens is 24. The van der Waals surface area contributed by atoms with Crippen molar-refractivity contribution in [2.24, 2.45) is 0 Å². The number of aliphatic hydroxyl groups is 4. The summed E-state index contributed by atoms with van der Waals surface area (Å²) in [5, 5.41) is 36.5. The molecule has 0 fully saturated rings. The molecule has 8 aromatic carbocycles. The lowest BCUT2D eigenvalue weighted by molar-refractivity contribution is 0.146. The zero-order valence-electron chi connectivity index (χ0n) is 83.7. The van der Waals surface area contributed by atoms with E-state index in [9.17, 15) is 9.50 Å². The maximum absolute atomic E-state index is 13.6. The Labute approximate surface area is 855 Å². The number of imidazole rings is 8. The van der Waals surface area contributed by atoms with Crippen LogP contribution >= 0.6 is 0 Å². The molecule has 0 amide bonds. The first-order valence-electron chi connectivity index (χ1n) is 47.8. The normalized spacial score (nSPS) is 11.0. The van der Waals surface area contributed by atoms with Crippen molar-refractivity contribution in [2.45, 2.75) is 81.8 Å². The number of aliphatic hydroxyl groups excluding tert-OH is 4. The number of aryl methyl sites for hydroxylation is 8. The van der Waals surface area contributed by atoms with Crippen LogP contribution in [0.4, 0.5) is 4.39 Å². The molecule has 0 spiro atoms. The molecule has 0 radical (unpaired) electrons. The summed E-state index contributed by atoms with van der Waals surface area (Å²) < 4.78 is 39.7. The number of aromatic amines is 8. The number of nitrogens with one attached hydrogen (secondary N) is 8. The summed E-state index contributed by atoms with van der Waals surface area (Å²) in [5.74, 6) is 7.47. The molecule has 33 nitrogen and oxygen atoms in total. The quantitative estimate of drug-likeness (QED) is 0.0297. The van der Waals surface area contributed by atoms with Gasteiger partial charge in [-0.15, -0.1) is 0 Å². The highest BCUT2D eigenvalue weighted by Crippen LogP contribution is 2.33. The molecule has 0 unspecified atom stereocenters. The van der Waals surface area contributed by atoms with Crippen LogP contribution in [0.5, 0.6) is 17.2 Å². The minimum absolute atomic E-state index is 0.00997. The Kier molecular flexibility index (Phi) is 33.3. The van der Waals surface area contributed by atoms with Crippen LogP contribution < -0.4 is 14.2 Å². The number of pyridine rings is 8. The number of benzene rings is 8. The van der Waals surface area contributed by atoms with E-state index >= 15 is 0 Å². The zero-order valence-corrected chi connectivity index (χ0v) is 83.7. The maximum atomic E-state index is 13.6. The Hall–Kier alpha value is -18.2. The van der Waals surface area contributed by atoms with Gasteiger partial charge in [-0.05, 0) is 298 Å². The fourth-order valence-electron chi connectivity index (χ4n) is 15.9. The third-order valence-corrected chi connectivity index (χ3v) is 23.6. The Morgan fingerprint density at radius 2 is 0.530 bits per heavy atom. The molecular weight excluding hydrogens is 1880 g/mol. The molecule has 24 aromatic rings. The van der Waals surface area contributed by atoms with Gasteiger partial charge in [-0.3, -0.25) is 19.9 Å². The Morgan fingerprint density at radius 1 is 0.248 bits per heavy atom. The molecule has 16 heterocycles. The van der Waals surface area contributed by atoms with Gasteiger partial charge in [-0.25, -0.2) is 64.2 Å². The van der Waals surface area contributed by atoms with E-state index in [4.69, 9.17) is 39.0 Å². The van der Waals surface area contributed by atoms with E-state index < -0.39 is 0 Å². The maximum Gasteiger partial charge on any atom is 0.161 e. The lowest BCUT2D eigenvalue weighted by Gasteiger charge is -2.04. The van der Waals surface area contributed by atoms with Crippen LogP contribution in [-0.2, 0) is 35.9 Å². The lowest BCUT2D eigenvalue weighted by atomic mass is 10.2. The molecule has 24 rings (SSSR count). The Balaban J connectivity index is 0.000000116. The number of hydrogen-bond donors (Lipinski definition) is 12. The van der Waals surface area contributed by atoms with Gasteiger partial charge in [0.1, 0.15) is 76.0 Å². The van der Waals surface area contributed by atoms with Crippen LogP contribution in [0.15, 0.2) is 292 Å². The lowest BCUT2D eigenvalue weighted by Crippen LogP contribution is -2.04. The monoisotopic (exact) mass is 1990 g/mol. The van der Waals surface area contributed by atoms with Gasteiger partial charge in [0.2, 0.25) is 0 Å². The standard InChI is InChI=1S/C16H17N3O3.C16H17N3O2.C14H13N3O2.2C14H13N3O.2C14H13N3.C13H10FN3/c1-21-6-7-22-12-3-5-14(17-9-12)16-18-13-4-2-11(10-20)8-15(13)19-16;1-11-3-5-13-15(9-11)19-16(18-13)14-6-4-12(10-17-14)21-8-7-20-2;1-19-12-3-2-6-15-13(12)14-16-10-5-4-9(8-18)7-11(10)17-14;1-9-4-5-15-13(6-9)14-16-11-3-2-10(8-18)7-12(11)17-14;1-9-3-2-6-15-13(9)14-16-11-5-4-10(8-18)7-12(11)17-14;2*1-9-5-6-11-12(8-9)17-14(16-11)13-10(2)4-3-7-15-13;1-8-4-5-10-11(7-8)17-13(16-10)12-9(14)3-2-6-15-12/h2-5,8-9,20H,6-7,10H2,1H3,(H,18,19);3-6,9-10H,7-8H2,1-2H3,(H,18,19);2-7,18H,8H2,1H3,(H,16,17);2*2-7,18H,8H2,1H3,(H,16,17);2*3-8H,1-2H3,(H,16,17);2-7H,1H3,(H,16,17). The van der Waals surface area contributed by atoms with E-state index in [2.05, 4.69) is 171 Å². The average molecular weight is 1990 g/mol. The number of methoxy groups -OCH3 is 3.